The summed E-state index contributed by atoms with van der Waals surface area (Å²) in [7, 11) is 1.41. The van der Waals surface area contributed by atoms with E-state index in [1.165, 1.54) is 43.5 Å². The second-order valence-corrected chi connectivity index (χ2v) is 5.44. The van der Waals surface area contributed by atoms with Gasteiger partial charge in [-0.25, -0.2) is 19.0 Å². The number of ether oxygens (including phenoxy) is 3. The number of carbonyl (C=O) groups excluding carboxylic acids is 1. The van der Waals surface area contributed by atoms with Gasteiger partial charge < -0.3 is 19.3 Å². The van der Waals surface area contributed by atoms with Gasteiger partial charge in [-0.05, 0) is 48.0 Å². The first kappa shape index (κ1) is 18.1. The van der Waals surface area contributed by atoms with Crippen molar-refractivity contribution >= 4 is 23.9 Å². The van der Waals surface area contributed by atoms with Crippen LogP contribution in [0, 0.1) is 5.82 Å². The van der Waals surface area contributed by atoms with E-state index in [4.69, 9.17) is 19.3 Å². The number of carbonyl (C=O) groups is 2. The van der Waals surface area contributed by atoms with Crippen LogP contribution in [0.15, 0.2) is 53.2 Å². The molecular weight excluding hydrogens is 357 g/mol. The van der Waals surface area contributed by atoms with Crippen LogP contribution >= 0.6 is 0 Å². The Morgan fingerprint density at radius 1 is 1.22 bits per heavy atom. The molecule has 0 aliphatic carbocycles. The number of carboxylic acids is 1. The lowest BCUT2D eigenvalue weighted by Crippen LogP contribution is -2.10. The Hall–Kier alpha value is -3.68. The highest BCUT2D eigenvalue weighted by Gasteiger charge is 2.24. The van der Waals surface area contributed by atoms with Gasteiger partial charge in [0.05, 0.1) is 7.11 Å². The van der Waals surface area contributed by atoms with Crippen LogP contribution in [0.2, 0.25) is 0 Å². The maximum Gasteiger partial charge on any atom is 0.363 e. The third-order valence-electron chi connectivity index (χ3n) is 3.55. The predicted octanol–water partition coefficient (Wildman–Crippen LogP) is 2.64. The summed E-state index contributed by atoms with van der Waals surface area (Å²) >= 11 is 0. The Morgan fingerprint density at radius 2 is 1.96 bits per heavy atom. The number of hydrogen-bond donors (Lipinski definition) is 1. The summed E-state index contributed by atoms with van der Waals surface area (Å²) in [6, 6.07) is 10.1. The van der Waals surface area contributed by atoms with E-state index in [-0.39, 0.29) is 17.3 Å². The van der Waals surface area contributed by atoms with Gasteiger partial charge in [0.25, 0.3) is 0 Å². The van der Waals surface area contributed by atoms with Crippen molar-refractivity contribution in [1.82, 2.24) is 0 Å². The van der Waals surface area contributed by atoms with Crippen molar-refractivity contribution in [3.63, 3.8) is 0 Å². The molecule has 27 heavy (non-hydrogen) atoms. The number of rotatable bonds is 6. The third kappa shape index (κ3) is 4.30. The Balaban J connectivity index is 1.85. The van der Waals surface area contributed by atoms with Gasteiger partial charge in [0.15, 0.2) is 23.8 Å². The van der Waals surface area contributed by atoms with Crippen LogP contribution in [0.3, 0.4) is 0 Å². The number of esters is 1. The molecule has 0 aromatic heterocycles. The minimum atomic E-state index is -1.11. The molecule has 0 unspecified atom stereocenters. The Morgan fingerprint density at radius 3 is 2.63 bits per heavy atom. The Kier molecular flexibility index (Phi) is 5.16. The molecule has 0 spiro atoms. The monoisotopic (exact) mass is 371 g/mol. The molecule has 8 heteroatoms. The highest BCUT2D eigenvalue weighted by molar-refractivity contribution is 6.12. The van der Waals surface area contributed by atoms with Crippen LogP contribution in [0.25, 0.3) is 6.08 Å². The van der Waals surface area contributed by atoms with Gasteiger partial charge in [0.1, 0.15) is 5.82 Å². The van der Waals surface area contributed by atoms with Crippen molar-refractivity contribution in [3.8, 4) is 11.5 Å². The normalized spacial score (nSPS) is 14.7. The zero-order valence-electron chi connectivity index (χ0n) is 14.1. The highest BCUT2D eigenvalue weighted by atomic mass is 19.1. The van der Waals surface area contributed by atoms with Crippen LogP contribution < -0.4 is 9.47 Å². The number of halogens is 1. The molecule has 2 aromatic carbocycles. The second kappa shape index (κ2) is 7.69. The summed E-state index contributed by atoms with van der Waals surface area (Å²) in [5.74, 6) is -1.51. The average molecular weight is 371 g/mol. The molecule has 1 aliphatic rings. The SMILES string of the molecule is COc1cc(/C=C2\N=C(c3ccc(F)cc3)OC2=O)ccc1OCC(=O)O. The van der Waals surface area contributed by atoms with Gasteiger partial charge in [-0.3, -0.25) is 0 Å². The molecule has 0 saturated carbocycles. The van der Waals surface area contributed by atoms with Gasteiger partial charge in [-0.2, -0.15) is 0 Å². The van der Waals surface area contributed by atoms with Gasteiger partial charge in [-0.1, -0.05) is 6.07 Å². The van der Waals surface area contributed by atoms with Crippen molar-refractivity contribution in [2.24, 2.45) is 4.99 Å². The summed E-state index contributed by atoms with van der Waals surface area (Å²) in [6.07, 6.45) is 1.49. The van der Waals surface area contributed by atoms with Crippen LogP contribution in [0.5, 0.6) is 11.5 Å². The van der Waals surface area contributed by atoms with Gasteiger partial charge >= 0.3 is 11.9 Å². The number of hydrogen-bond acceptors (Lipinski definition) is 6. The molecule has 0 bridgehead atoms. The van der Waals surface area contributed by atoms with Crippen LogP contribution in [0.1, 0.15) is 11.1 Å². The zero-order valence-corrected chi connectivity index (χ0v) is 14.1. The summed E-state index contributed by atoms with van der Waals surface area (Å²) in [5, 5.41) is 8.68. The van der Waals surface area contributed by atoms with Gasteiger partial charge in [0.2, 0.25) is 5.90 Å². The van der Waals surface area contributed by atoms with E-state index < -0.39 is 24.4 Å². The fourth-order valence-electron chi connectivity index (χ4n) is 2.32. The largest absolute Gasteiger partial charge is 0.493 e. The van der Waals surface area contributed by atoms with E-state index in [1.807, 2.05) is 0 Å². The summed E-state index contributed by atoms with van der Waals surface area (Å²) in [5.41, 5.74) is 1.12. The van der Waals surface area contributed by atoms with Crippen molar-refractivity contribution in [3.05, 3.63) is 65.1 Å². The lowest BCUT2D eigenvalue weighted by molar-refractivity contribution is -0.139. The fourth-order valence-corrected chi connectivity index (χ4v) is 2.32. The number of methoxy groups -OCH3 is 1. The standard InChI is InChI=1S/C19H14FNO6/c1-25-16-9-11(2-7-15(16)26-10-17(22)23)8-14-19(24)27-18(21-14)12-3-5-13(20)6-4-12/h2-9H,10H2,1H3,(H,22,23)/b14-8-. The molecular formula is C19H14FNO6. The molecule has 1 heterocycles. The zero-order chi connectivity index (χ0) is 19.4. The Labute approximate surface area is 153 Å². The van der Waals surface area contributed by atoms with Crippen molar-refractivity contribution in [2.45, 2.75) is 0 Å². The van der Waals surface area contributed by atoms with Crippen molar-refractivity contribution < 1.29 is 33.3 Å². The lowest BCUT2D eigenvalue weighted by Gasteiger charge is -2.09. The molecule has 2 aromatic rings. The quantitative estimate of drug-likeness (QED) is 0.620. The van der Waals surface area contributed by atoms with E-state index in [2.05, 4.69) is 4.99 Å². The van der Waals surface area contributed by atoms with Crippen molar-refractivity contribution in [1.29, 1.82) is 0 Å². The number of carboxylic acid groups (broad SMARTS) is 1. The summed E-state index contributed by atoms with van der Waals surface area (Å²) in [4.78, 5) is 26.8. The minimum Gasteiger partial charge on any atom is -0.493 e. The topological polar surface area (TPSA) is 94.4 Å². The second-order valence-electron chi connectivity index (χ2n) is 5.44. The number of aliphatic imine (C=N–C) groups is 1. The number of nitrogens with zero attached hydrogens (tertiary/aromatic N) is 1. The van der Waals surface area contributed by atoms with Gasteiger partial charge in [0, 0.05) is 5.56 Å². The van der Waals surface area contributed by atoms with E-state index in [0.717, 1.165) is 0 Å². The molecule has 0 fully saturated rings. The maximum absolute atomic E-state index is 13.0. The predicted molar refractivity (Wildman–Crippen MR) is 93.1 cm³/mol. The van der Waals surface area contributed by atoms with Crippen LogP contribution in [-0.4, -0.2) is 36.7 Å². The van der Waals surface area contributed by atoms with Crippen molar-refractivity contribution in [2.75, 3.05) is 13.7 Å². The smallest absolute Gasteiger partial charge is 0.363 e. The molecule has 0 atom stereocenters. The number of benzene rings is 2. The minimum absolute atomic E-state index is 0.0654. The van der Waals surface area contributed by atoms with E-state index in [9.17, 15) is 14.0 Å². The third-order valence-corrected chi connectivity index (χ3v) is 3.55. The summed E-state index contributed by atoms with van der Waals surface area (Å²) in [6.45, 7) is -0.506. The molecule has 0 saturated heterocycles. The van der Waals surface area contributed by atoms with E-state index in [0.29, 0.717) is 16.9 Å². The molecule has 7 nitrogen and oxygen atoms in total. The van der Waals surface area contributed by atoms with Crippen LogP contribution in [0.4, 0.5) is 4.39 Å². The molecule has 0 amide bonds. The summed E-state index contributed by atoms with van der Waals surface area (Å²) < 4.78 is 28.4. The first-order valence-electron chi connectivity index (χ1n) is 7.77. The first-order chi connectivity index (χ1) is 13.0. The highest BCUT2D eigenvalue weighted by Crippen LogP contribution is 2.29. The van der Waals surface area contributed by atoms with Gasteiger partial charge in [-0.15, -0.1) is 0 Å². The molecule has 0 radical (unpaired) electrons. The van der Waals surface area contributed by atoms with E-state index >= 15 is 0 Å². The number of aliphatic carboxylic acids is 1. The molecule has 1 N–H and O–H groups in total. The Bertz CT molecular complexity index is 949. The average Bonchev–Trinajstić information content (AvgIpc) is 3.01. The number of cyclic esters (lactones) is 1. The molecule has 1 aliphatic heterocycles. The van der Waals surface area contributed by atoms with E-state index in [1.54, 1.807) is 12.1 Å². The fraction of sp³-hybridized carbons (Fsp3) is 0.105. The first-order valence-corrected chi connectivity index (χ1v) is 7.77. The molecule has 138 valence electrons. The van der Waals surface area contributed by atoms with Crippen LogP contribution in [-0.2, 0) is 14.3 Å². The molecule has 3 rings (SSSR count). The lowest BCUT2D eigenvalue weighted by atomic mass is 10.1. The maximum atomic E-state index is 13.0.